The van der Waals surface area contributed by atoms with Gasteiger partial charge in [0.15, 0.2) is 0 Å². The summed E-state index contributed by atoms with van der Waals surface area (Å²) < 4.78 is 32.0. The smallest absolute Gasteiger partial charge is 0.304 e. The summed E-state index contributed by atoms with van der Waals surface area (Å²) in [6.45, 7) is 0.198. The summed E-state index contributed by atoms with van der Waals surface area (Å²) in [5, 5.41) is 8.75. The Bertz CT molecular complexity index is 474. The van der Waals surface area contributed by atoms with Crippen LogP contribution in [-0.2, 0) is 14.9 Å². The van der Waals surface area contributed by atoms with Crippen molar-refractivity contribution in [1.29, 1.82) is 0 Å². The van der Waals surface area contributed by atoms with E-state index in [0.29, 0.717) is 0 Å². The van der Waals surface area contributed by atoms with E-state index in [1.807, 2.05) is 0 Å². The van der Waals surface area contributed by atoms with Crippen LogP contribution in [0.2, 0.25) is 0 Å². The van der Waals surface area contributed by atoms with E-state index in [2.05, 4.69) is 0 Å². The van der Waals surface area contributed by atoms with Gasteiger partial charge in [0.25, 0.3) is 0 Å². The third-order valence-corrected chi connectivity index (χ3v) is 3.29. The molecule has 2 rings (SSSR count). The molecule has 1 aromatic rings. The number of hydrogen-bond acceptors (Lipinski definition) is 3. The van der Waals surface area contributed by atoms with Gasteiger partial charge in [0.1, 0.15) is 11.6 Å². The first-order valence-corrected chi connectivity index (χ1v) is 5.46. The summed E-state index contributed by atoms with van der Waals surface area (Å²) >= 11 is 0. The van der Waals surface area contributed by atoms with Crippen LogP contribution in [0, 0.1) is 11.6 Å². The van der Waals surface area contributed by atoms with E-state index in [0.717, 1.165) is 18.2 Å². The van der Waals surface area contributed by atoms with Crippen molar-refractivity contribution in [3.8, 4) is 0 Å². The van der Waals surface area contributed by atoms with E-state index in [1.165, 1.54) is 0 Å². The maximum atomic E-state index is 13.8. The summed E-state index contributed by atoms with van der Waals surface area (Å²) in [6, 6.07) is 2.26. The molecule has 98 valence electrons. The molecular weight excluding hydrogens is 244 g/mol. The lowest BCUT2D eigenvalue weighted by molar-refractivity contribution is -0.140. The van der Waals surface area contributed by atoms with Gasteiger partial charge in [-0.3, -0.25) is 4.79 Å². The zero-order valence-electron chi connectivity index (χ0n) is 9.53. The fourth-order valence-corrected chi connectivity index (χ4v) is 2.15. The third kappa shape index (κ3) is 2.09. The number of aliphatic carboxylic acids is 1. The molecule has 0 radical (unpaired) electrons. The normalized spacial score (nSPS) is 19.1. The largest absolute Gasteiger partial charge is 0.481 e. The lowest BCUT2D eigenvalue weighted by atomic mass is 9.71. The van der Waals surface area contributed by atoms with E-state index in [4.69, 9.17) is 15.6 Å². The van der Waals surface area contributed by atoms with Gasteiger partial charge in [-0.2, -0.15) is 0 Å². The second-order valence-electron chi connectivity index (χ2n) is 4.48. The Kier molecular flexibility index (Phi) is 3.32. The van der Waals surface area contributed by atoms with Gasteiger partial charge in [-0.1, -0.05) is 0 Å². The number of ether oxygens (including phenoxy) is 1. The fraction of sp³-hybridized carbons (Fsp3) is 0.417. The minimum atomic E-state index is -1.08. The summed E-state index contributed by atoms with van der Waals surface area (Å²) in [7, 11) is 0. The first-order valence-electron chi connectivity index (χ1n) is 5.46. The Labute approximate surface area is 102 Å². The molecule has 1 aliphatic heterocycles. The first-order chi connectivity index (χ1) is 8.45. The van der Waals surface area contributed by atoms with Gasteiger partial charge >= 0.3 is 5.97 Å². The van der Waals surface area contributed by atoms with Crippen molar-refractivity contribution < 1.29 is 23.4 Å². The monoisotopic (exact) mass is 257 g/mol. The molecule has 0 aromatic heterocycles. The Hall–Kier alpha value is -1.53. The van der Waals surface area contributed by atoms with Crippen molar-refractivity contribution in [2.45, 2.75) is 17.9 Å². The quantitative estimate of drug-likeness (QED) is 0.845. The van der Waals surface area contributed by atoms with Crippen LogP contribution >= 0.6 is 0 Å². The van der Waals surface area contributed by atoms with Crippen molar-refractivity contribution in [3.63, 3.8) is 0 Å². The van der Waals surface area contributed by atoms with Crippen LogP contribution in [0.3, 0.4) is 0 Å². The number of rotatable bonds is 4. The summed E-state index contributed by atoms with van der Waals surface area (Å²) in [4.78, 5) is 10.7. The molecule has 1 saturated heterocycles. The van der Waals surface area contributed by atoms with Gasteiger partial charge < -0.3 is 15.6 Å². The van der Waals surface area contributed by atoms with Gasteiger partial charge in [-0.05, 0) is 18.2 Å². The molecule has 1 fully saturated rings. The molecule has 6 heteroatoms. The number of benzene rings is 1. The van der Waals surface area contributed by atoms with Crippen LogP contribution in [0.1, 0.15) is 12.0 Å². The van der Waals surface area contributed by atoms with Gasteiger partial charge in [-0.15, -0.1) is 0 Å². The molecule has 1 aromatic carbocycles. The minimum Gasteiger partial charge on any atom is -0.481 e. The predicted molar refractivity (Wildman–Crippen MR) is 59.1 cm³/mol. The van der Waals surface area contributed by atoms with E-state index in [1.54, 1.807) is 0 Å². The zero-order chi connectivity index (χ0) is 13.3. The summed E-state index contributed by atoms with van der Waals surface area (Å²) in [6.07, 6.45) is -0.320. The Balaban J connectivity index is 2.37. The average molecular weight is 257 g/mol. The average Bonchev–Trinajstić information content (AvgIpc) is 2.20. The number of carboxylic acids is 1. The molecule has 0 bridgehead atoms. The molecular formula is C12H13F2NO3. The molecule has 0 aliphatic carbocycles. The summed E-state index contributed by atoms with van der Waals surface area (Å²) in [5.74, 6) is -2.26. The Morgan fingerprint density at radius 1 is 1.50 bits per heavy atom. The lowest BCUT2D eigenvalue weighted by Gasteiger charge is -2.45. The van der Waals surface area contributed by atoms with E-state index < -0.39 is 29.1 Å². The Morgan fingerprint density at radius 2 is 2.17 bits per heavy atom. The molecule has 3 N–H and O–H groups in total. The van der Waals surface area contributed by atoms with Crippen LogP contribution < -0.4 is 5.73 Å². The van der Waals surface area contributed by atoms with Gasteiger partial charge in [0, 0.05) is 11.6 Å². The molecule has 1 aliphatic rings. The number of carboxylic acid groups (broad SMARTS) is 1. The lowest BCUT2D eigenvalue weighted by Crippen LogP contribution is -2.59. The second kappa shape index (κ2) is 4.62. The van der Waals surface area contributed by atoms with E-state index >= 15 is 0 Å². The predicted octanol–water partition coefficient (Wildman–Crippen LogP) is 1.03. The van der Waals surface area contributed by atoms with Crippen molar-refractivity contribution in [3.05, 3.63) is 35.4 Å². The van der Waals surface area contributed by atoms with Crippen LogP contribution in [0.4, 0.5) is 8.78 Å². The number of halogens is 2. The maximum Gasteiger partial charge on any atom is 0.304 e. The van der Waals surface area contributed by atoms with Crippen molar-refractivity contribution >= 4 is 5.97 Å². The fourth-order valence-electron chi connectivity index (χ4n) is 2.15. The highest BCUT2D eigenvalue weighted by Crippen LogP contribution is 2.37. The van der Waals surface area contributed by atoms with Crippen LogP contribution in [0.15, 0.2) is 18.2 Å². The molecule has 4 nitrogen and oxygen atoms in total. The number of nitrogens with two attached hydrogens (primary N) is 1. The topological polar surface area (TPSA) is 72.6 Å². The highest BCUT2D eigenvalue weighted by Gasteiger charge is 2.48. The molecule has 18 heavy (non-hydrogen) atoms. The van der Waals surface area contributed by atoms with Crippen LogP contribution in [0.5, 0.6) is 0 Å². The molecule has 0 saturated carbocycles. The van der Waals surface area contributed by atoms with Crippen molar-refractivity contribution in [2.75, 3.05) is 13.2 Å². The maximum absolute atomic E-state index is 13.8. The minimum absolute atomic E-state index is 0.0856. The van der Waals surface area contributed by atoms with Gasteiger partial charge in [-0.25, -0.2) is 8.78 Å². The number of carbonyl (C=O) groups is 1. The zero-order valence-corrected chi connectivity index (χ0v) is 9.53. The molecule has 0 spiro atoms. The standard InChI is InChI=1S/C12H13F2NO3/c13-7-1-2-9(14)8(3-7)12(5-18-6-12)10(15)4-11(16)17/h1-3,10H,4-6,15H2,(H,16,17). The van der Waals surface area contributed by atoms with Crippen LogP contribution in [-0.4, -0.2) is 30.3 Å². The first kappa shape index (κ1) is 12.9. The third-order valence-electron chi connectivity index (χ3n) is 3.29. The molecule has 0 amide bonds. The Morgan fingerprint density at radius 3 is 2.67 bits per heavy atom. The van der Waals surface area contributed by atoms with Crippen LogP contribution in [0.25, 0.3) is 0 Å². The van der Waals surface area contributed by atoms with Crippen molar-refractivity contribution in [1.82, 2.24) is 0 Å². The SMILES string of the molecule is NC(CC(=O)O)C1(c2cc(F)ccc2F)COC1. The van der Waals surface area contributed by atoms with Gasteiger partial charge in [0.2, 0.25) is 0 Å². The number of hydrogen-bond donors (Lipinski definition) is 2. The van der Waals surface area contributed by atoms with E-state index in [9.17, 15) is 13.6 Å². The van der Waals surface area contributed by atoms with E-state index in [-0.39, 0.29) is 25.2 Å². The molecule has 1 atom stereocenters. The second-order valence-corrected chi connectivity index (χ2v) is 4.48. The molecule has 1 unspecified atom stereocenters. The highest BCUT2D eigenvalue weighted by atomic mass is 19.1. The van der Waals surface area contributed by atoms with Crippen molar-refractivity contribution in [2.24, 2.45) is 5.73 Å². The summed E-state index contributed by atoms with van der Waals surface area (Å²) in [5.41, 5.74) is 4.95. The highest BCUT2D eigenvalue weighted by molar-refractivity contribution is 5.68. The van der Waals surface area contributed by atoms with Gasteiger partial charge in [0.05, 0.1) is 25.0 Å². The molecule has 1 heterocycles.